The summed E-state index contributed by atoms with van der Waals surface area (Å²) in [6.07, 6.45) is 0. The third kappa shape index (κ3) is 1.20. The molecule has 2 heteroatoms. The van der Waals surface area contributed by atoms with E-state index in [0.717, 1.165) is 0 Å². The zero-order chi connectivity index (χ0) is 11.1. The maximum absolute atomic E-state index is 13.7. The number of halogens is 2. The van der Waals surface area contributed by atoms with E-state index in [1.54, 1.807) is 36.4 Å². The van der Waals surface area contributed by atoms with E-state index in [2.05, 4.69) is 0 Å². The quantitative estimate of drug-likeness (QED) is 0.490. The summed E-state index contributed by atoms with van der Waals surface area (Å²) in [6.45, 7) is 0. The Morgan fingerprint density at radius 1 is 0.688 bits per heavy atom. The molecule has 3 aromatic carbocycles. The van der Waals surface area contributed by atoms with Crippen molar-refractivity contribution in [1.29, 1.82) is 0 Å². The first-order valence-electron chi connectivity index (χ1n) is 5.03. The van der Waals surface area contributed by atoms with Gasteiger partial charge in [0.05, 0.1) is 0 Å². The van der Waals surface area contributed by atoms with Crippen LogP contribution >= 0.6 is 0 Å². The number of hydrogen-bond donors (Lipinski definition) is 0. The SMILES string of the molecule is Fc1cc2cccc(F)c2c2ccccc12. The third-order valence-electron chi connectivity index (χ3n) is 2.78. The van der Waals surface area contributed by atoms with Gasteiger partial charge in [-0.25, -0.2) is 8.78 Å². The van der Waals surface area contributed by atoms with E-state index in [0.29, 0.717) is 21.5 Å². The van der Waals surface area contributed by atoms with E-state index in [1.165, 1.54) is 12.1 Å². The average Bonchev–Trinajstić information content (AvgIpc) is 2.29. The van der Waals surface area contributed by atoms with Gasteiger partial charge in [0.1, 0.15) is 11.6 Å². The first-order valence-corrected chi connectivity index (χ1v) is 5.03. The van der Waals surface area contributed by atoms with Crippen LogP contribution in [-0.2, 0) is 0 Å². The van der Waals surface area contributed by atoms with E-state index >= 15 is 0 Å². The molecule has 0 unspecified atom stereocenters. The molecule has 16 heavy (non-hydrogen) atoms. The van der Waals surface area contributed by atoms with Crippen LogP contribution in [0.4, 0.5) is 8.78 Å². The highest BCUT2D eigenvalue weighted by Gasteiger charge is 2.08. The lowest BCUT2D eigenvalue weighted by Crippen LogP contribution is -1.85. The van der Waals surface area contributed by atoms with Crippen molar-refractivity contribution < 1.29 is 8.78 Å². The zero-order valence-electron chi connectivity index (χ0n) is 8.37. The van der Waals surface area contributed by atoms with Crippen molar-refractivity contribution in [3.8, 4) is 0 Å². The minimum atomic E-state index is -0.311. The van der Waals surface area contributed by atoms with Crippen LogP contribution in [0.5, 0.6) is 0 Å². The van der Waals surface area contributed by atoms with Gasteiger partial charge in [-0.3, -0.25) is 0 Å². The van der Waals surface area contributed by atoms with Gasteiger partial charge >= 0.3 is 0 Å². The van der Waals surface area contributed by atoms with Crippen LogP contribution < -0.4 is 0 Å². The Kier molecular flexibility index (Phi) is 1.90. The van der Waals surface area contributed by atoms with Gasteiger partial charge in [-0.1, -0.05) is 36.4 Å². The number of hydrogen-bond acceptors (Lipinski definition) is 0. The maximum atomic E-state index is 13.7. The predicted octanol–water partition coefficient (Wildman–Crippen LogP) is 4.27. The van der Waals surface area contributed by atoms with Crippen molar-refractivity contribution in [3.63, 3.8) is 0 Å². The van der Waals surface area contributed by atoms with Crippen LogP contribution in [0.15, 0.2) is 48.5 Å². The van der Waals surface area contributed by atoms with E-state index in [4.69, 9.17) is 0 Å². The summed E-state index contributed by atoms with van der Waals surface area (Å²) in [5.41, 5.74) is 0. The zero-order valence-corrected chi connectivity index (χ0v) is 8.37. The minimum absolute atomic E-state index is 0.311. The number of fused-ring (bicyclic) bond motifs is 3. The van der Waals surface area contributed by atoms with Crippen molar-refractivity contribution in [3.05, 3.63) is 60.2 Å². The first kappa shape index (κ1) is 9.28. The molecule has 0 bridgehead atoms. The Hall–Kier alpha value is -1.96. The smallest absolute Gasteiger partial charge is 0.131 e. The van der Waals surface area contributed by atoms with Crippen molar-refractivity contribution in [1.82, 2.24) is 0 Å². The Balaban J connectivity index is 2.67. The minimum Gasteiger partial charge on any atom is -0.206 e. The monoisotopic (exact) mass is 214 g/mol. The molecule has 0 amide bonds. The maximum Gasteiger partial charge on any atom is 0.131 e. The molecule has 0 spiro atoms. The first-order chi connectivity index (χ1) is 7.77. The lowest BCUT2D eigenvalue weighted by molar-refractivity contribution is 0.636. The molecule has 3 rings (SSSR count). The molecule has 0 saturated carbocycles. The second-order valence-electron chi connectivity index (χ2n) is 3.74. The van der Waals surface area contributed by atoms with Gasteiger partial charge in [0.25, 0.3) is 0 Å². The fraction of sp³-hybridized carbons (Fsp3) is 0. The molecule has 0 saturated heterocycles. The van der Waals surface area contributed by atoms with Crippen LogP contribution in [-0.4, -0.2) is 0 Å². The highest BCUT2D eigenvalue weighted by atomic mass is 19.1. The van der Waals surface area contributed by atoms with E-state index in [-0.39, 0.29) is 11.6 Å². The summed E-state index contributed by atoms with van der Waals surface area (Å²) < 4.78 is 27.5. The molecular weight excluding hydrogens is 206 g/mol. The molecule has 0 radical (unpaired) electrons. The second-order valence-corrected chi connectivity index (χ2v) is 3.74. The standard InChI is InChI=1S/C14H8F2/c15-12-7-3-4-9-8-13(16)10-5-1-2-6-11(10)14(9)12/h1-8H. The van der Waals surface area contributed by atoms with Gasteiger partial charge in [0.15, 0.2) is 0 Å². The molecular formula is C14H8F2. The molecule has 78 valence electrons. The molecule has 0 heterocycles. The van der Waals surface area contributed by atoms with E-state index < -0.39 is 0 Å². The van der Waals surface area contributed by atoms with Crippen molar-refractivity contribution in [2.24, 2.45) is 0 Å². The third-order valence-corrected chi connectivity index (χ3v) is 2.78. The van der Waals surface area contributed by atoms with E-state index in [1.807, 2.05) is 0 Å². The molecule has 0 atom stereocenters. The largest absolute Gasteiger partial charge is 0.206 e. The second kappa shape index (κ2) is 3.27. The molecule has 0 aromatic heterocycles. The summed E-state index contributed by atoms with van der Waals surface area (Å²) in [4.78, 5) is 0. The number of benzene rings is 3. The highest BCUT2D eigenvalue weighted by Crippen LogP contribution is 2.29. The fourth-order valence-corrected chi connectivity index (χ4v) is 2.07. The molecule has 0 aliphatic carbocycles. The average molecular weight is 214 g/mol. The summed E-state index contributed by atoms with van der Waals surface area (Å²) in [5, 5.41) is 2.16. The molecule has 0 aliphatic rings. The van der Waals surface area contributed by atoms with Crippen LogP contribution in [0.25, 0.3) is 21.5 Å². The fourth-order valence-electron chi connectivity index (χ4n) is 2.07. The van der Waals surface area contributed by atoms with Crippen LogP contribution in [0, 0.1) is 11.6 Å². The molecule has 3 aromatic rings. The summed E-state index contributed by atoms with van der Waals surface area (Å²) >= 11 is 0. The highest BCUT2D eigenvalue weighted by molar-refractivity contribution is 6.07. The Morgan fingerprint density at radius 3 is 2.25 bits per heavy atom. The van der Waals surface area contributed by atoms with Crippen molar-refractivity contribution in [2.45, 2.75) is 0 Å². The molecule has 0 nitrogen and oxygen atoms in total. The number of rotatable bonds is 0. The lowest BCUT2D eigenvalue weighted by Gasteiger charge is -2.05. The molecule has 0 N–H and O–H groups in total. The predicted molar refractivity (Wildman–Crippen MR) is 61.4 cm³/mol. The van der Waals surface area contributed by atoms with Gasteiger partial charge in [0.2, 0.25) is 0 Å². The van der Waals surface area contributed by atoms with Gasteiger partial charge in [0, 0.05) is 10.8 Å². The Bertz CT molecular complexity index is 687. The Labute approximate surface area is 91.1 Å². The van der Waals surface area contributed by atoms with Crippen LogP contribution in [0.3, 0.4) is 0 Å². The van der Waals surface area contributed by atoms with Crippen LogP contribution in [0.2, 0.25) is 0 Å². The van der Waals surface area contributed by atoms with Gasteiger partial charge < -0.3 is 0 Å². The summed E-state index contributed by atoms with van der Waals surface area (Å²) in [7, 11) is 0. The lowest BCUT2D eigenvalue weighted by atomic mass is 10.0. The normalized spacial score (nSPS) is 11.1. The summed E-state index contributed by atoms with van der Waals surface area (Å²) in [6, 6.07) is 13.0. The molecule has 0 aliphatic heterocycles. The van der Waals surface area contributed by atoms with Gasteiger partial charge in [-0.2, -0.15) is 0 Å². The Morgan fingerprint density at radius 2 is 1.44 bits per heavy atom. The topological polar surface area (TPSA) is 0 Å². The van der Waals surface area contributed by atoms with Crippen molar-refractivity contribution in [2.75, 3.05) is 0 Å². The van der Waals surface area contributed by atoms with Crippen LogP contribution in [0.1, 0.15) is 0 Å². The molecule has 0 fully saturated rings. The van der Waals surface area contributed by atoms with E-state index in [9.17, 15) is 8.78 Å². The summed E-state index contributed by atoms with van der Waals surface area (Å²) in [5.74, 6) is -0.623. The van der Waals surface area contributed by atoms with Gasteiger partial charge in [-0.15, -0.1) is 0 Å². The van der Waals surface area contributed by atoms with Gasteiger partial charge in [-0.05, 0) is 22.9 Å². The van der Waals surface area contributed by atoms with Crippen molar-refractivity contribution >= 4 is 21.5 Å².